The molecular formula is C40H70N16O34P6S2-6. The normalized spacial score (nSPS) is 22.9. The number of fused-ring (bicyclic) bond motifs is 2. The molecule has 2 aliphatic rings. The van der Waals surface area contributed by atoms with E-state index < -0.39 is 151 Å². The number of nitrogens with zero attached hydrogens (tertiary/aromatic N) is 6. The fourth-order valence-corrected chi connectivity index (χ4v) is 13.5. The zero-order chi connectivity index (χ0) is 72.5. The Labute approximate surface area is 562 Å². The molecule has 22 N–H and O–H groups in total. The van der Waals surface area contributed by atoms with Crippen molar-refractivity contribution in [3.8, 4) is 0 Å². The maximum atomic E-state index is 11.6. The number of phosphoric ester groups is 2. The summed E-state index contributed by atoms with van der Waals surface area (Å²) in [6, 6.07) is -1.88. The van der Waals surface area contributed by atoms with Crippen LogP contribution in [0.5, 0.6) is 0 Å². The van der Waals surface area contributed by atoms with E-state index in [4.69, 9.17) is 76.8 Å². The number of aromatic nitrogens is 8. The number of rotatable bonds is 29. The van der Waals surface area contributed by atoms with Gasteiger partial charge in [0.25, 0.3) is 46.9 Å². The summed E-state index contributed by atoms with van der Waals surface area (Å²) in [7, 11) is -35.5. The Balaban J connectivity index is 0.00000134. The lowest BCUT2D eigenvalue weighted by molar-refractivity contribution is -0.254. The lowest BCUT2D eigenvalue weighted by Crippen LogP contribution is -2.44. The molecule has 4 amide bonds. The number of amides is 4. The van der Waals surface area contributed by atoms with Gasteiger partial charge in [0.05, 0.1) is 44.4 Å². The van der Waals surface area contributed by atoms with Crippen LogP contribution in [0.1, 0.15) is 67.8 Å². The molecule has 4 aromatic rings. The molecule has 2 fully saturated rings. The Morgan fingerprint density at radius 2 is 0.918 bits per heavy atom. The molecule has 0 aliphatic carbocycles. The molecule has 50 nitrogen and oxygen atoms in total. The fraction of sp³-hybridized carbons (Fsp3) is 0.600. The van der Waals surface area contributed by atoms with Gasteiger partial charge in [0.2, 0.25) is 23.6 Å². The lowest BCUT2D eigenvalue weighted by Gasteiger charge is -2.33. The first kappa shape index (κ1) is 92.5. The van der Waals surface area contributed by atoms with Gasteiger partial charge in [-0.2, -0.15) is 0 Å². The van der Waals surface area contributed by atoms with Gasteiger partial charge in [0.1, 0.15) is 59.0 Å². The van der Waals surface area contributed by atoms with Crippen molar-refractivity contribution in [3.05, 3.63) is 21.9 Å². The highest BCUT2D eigenvalue weighted by Crippen LogP contribution is 2.62. The van der Waals surface area contributed by atoms with Crippen LogP contribution in [0.3, 0.4) is 0 Å². The van der Waals surface area contributed by atoms with E-state index in [0.29, 0.717) is 13.1 Å². The molecule has 0 aromatic carbocycles. The number of H-pyrrole nitrogens is 2. The zero-order valence-electron chi connectivity index (χ0n) is 48.0. The third-order valence-electron chi connectivity index (χ3n) is 11.1. The van der Waals surface area contributed by atoms with Gasteiger partial charge in [-0.3, -0.25) is 65.3 Å². The van der Waals surface area contributed by atoms with Crippen LogP contribution in [0.15, 0.2) is 12.7 Å². The average molecular weight is 1570 g/mol. The fourth-order valence-electron chi connectivity index (χ4n) is 7.19. The van der Waals surface area contributed by atoms with Gasteiger partial charge < -0.3 is 142 Å². The highest BCUT2D eigenvalue weighted by atomic mass is 32.1. The first-order chi connectivity index (χ1) is 43.5. The van der Waals surface area contributed by atoms with Crippen LogP contribution >= 0.6 is 71.4 Å². The number of aliphatic hydroxyl groups excluding tert-OH is 4. The van der Waals surface area contributed by atoms with Crippen molar-refractivity contribution in [1.29, 1.82) is 0 Å². The molecule has 98 heavy (non-hydrogen) atoms. The second kappa shape index (κ2) is 39.6. The quantitative estimate of drug-likeness (QED) is 0.0136. The van der Waals surface area contributed by atoms with Crippen LogP contribution in [0, 0.1) is 9.28 Å². The Morgan fingerprint density at radius 3 is 1.23 bits per heavy atom. The number of nitrogens with two attached hydrogens (primary N) is 4. The highest BCUT2D eigenvalue weighted by molar-refractivity contribution is 7.71. The molecule has 2 aliphatic heterocycles. The molecule has 2 saturated heterocycles. The molecule has 0 spiro atoms. The number of aliphatic hydroxyl groups is 4. The first-order valence-electron chi connectivity index (χ1n) is 25.5. The monoisotopic (exact) mass is 1570 g/mol. The third-order valence-corrected chi connectivity index (χ3v) is 19.0. The Hall–Kier alpha value is -5.54. The van der Waals surface area contributed by atoms with Crippen molar-refractivity contribution >= 4 is 141 Å². The van der Waals surface area contributed by atoms with Gasteiger partial charge in [0.15, 0.2) is 33.6 Å². The largest absolute Gasteiger partial charge is 0.756 e. The molecule has 4 aromatic heterocycles. The summed E-state index contributed by atoms with van der Waals surface area (Å²) in [6.45, 7) is 1.71. The van der Waals surface area contributed by atoms with E-state index >= 15 is 0 Å². The van der Waals surface area contributed by atoms with Crippen molar-refractivity contribution in [2.75, 3.05) is 50.9 Å². The first-order valence-corrected chi connectivity index (χ1v) is 35.1. The number of carbonyl (C=O) groups excluding carboxylic acids is 4. The number of imidazole rings is 2. The minimum absolute atomic E-state index is 0. The number of hydrogen-bond donors (Lipinski definition) is 18. The topological polar surface area (TPSA) is 824 Å². The number of aromatic amines is 2. The summed E-state index contributed by atoms with van der Waals surface area (Å²) in [6.07, 6.45) is -10.7. The number of nitrogen functional groups attached to an aromatic ring is 2. The van der Waals surface area contributed by atoms with E-state index in [1.165, 1.54) is 35.6 Å². The van der Waals surface area contributed by atoms with Gasteiger partial charge in [-0.1, -0.05) is 46.7 Å². The maximum absolute atomic E-state index is 11.6. The number of anilines is 2. The summed E-state index contributed by atoms with van der Waals surface area (Å²) >= 11 is 10.0. The highest BCUT2D eigenvalue weighted by Gasteiger charge is 2.46. The van der Waals surface area contributed by atoms with Gasteiger partial charge in [-0.15, -0.1) is 0 Å². The number of nitrogens with one attached hydrogen (secondary N) is 6. The second-order valence-electron chi connectivity index (χ2n) is 18.6. The van der Waals surface area contributed by atoms with Gasteiger partial charge in [-0.25, -0.2) is 37.2 Å². The molecule has 16 atom stereocenters. The summed E-state index contributed by atoms with van der Waals surface area (Å²) in [4.78, 5) is 168. The average Bonchev–Trinajstić information content (AvgIpc) is 1.62. The molecule has 6 rings (SSSR count). The molecule has 10 unspecified atom stereocenters. The van der Waals surface area contributed by atoms with E-state index in [9.17, 15) is 106 Å². The molecule has 562 valence electrons. The van der Waals surface area contributed by atoms with Gasteiger partial charge in [0, 0.05) is 46.4 Å². The number of carboxylic acid groups (broad SMARTS) is 2. The van der Waals surface area contributed by atoms with Crippen molar-refractivity contribution in [2.24, 2.45) is 11.5 Å². The zero-order valence-corrected chi connectivity index (χ0v) is 55.0. The number of ether oxygens (including phenoxy) is 2. The third kappa shape index (κ3) is 31.6. The van der Waals surface area contributed by atoms with E-state index in [0.717, 1.165) is 0 Å². The lowest BCUT2D eigenvalue weighted by atomic mass is 10.1. The molecule has 0 bridgehead atoms. The van der Waals surface area contributed by atoms with Crippen LogP contribution < -0.4 is 73.6 Å². The molecule has 6 heterocycles. The molecule has 0 radical (unpaired) electrons. The summed E-state index contributed by atoms with van der Waals surface area (Å²) in [5, 5.41) is 67.5. The summed E-state index contributed by atoms with van der Waals surface area (Å²) in [5.74, 6) is -3.60. The number of aliphatic carboxylic acids is 2. The standard InChI is InChI=1S/2C10H16N5O13P3S.C9H17N3O4.C8H15N3O4.3CH4/c2*11-10-13-7-4(8(32)14-10)12-2-15(7)9-6(17)5(16)3(26-9)1-25-30(21,22)28-31(23,24)27-29(18,19)20;1-6(13)11-4-5-12-9(16)7(10)2-3-8(14)15;1-5(12)10-2-3-11-8(15)6(9)4-7(13)14;;;/h2*2-3,5-6,9,16-17H,1H2,(H,21,22)(H,23,24)(H2,18,19,20)(H3,11,13,14,32);7H,2-5,10H2,1H3,(H,11,13)(H,12,16)(H,14,15);6H,2-4,9H2,1H3,(H,10,12)(H,11,15)(H,13,14);3*1H4/p-6/t2*3-,5?,6+,9-;;;;;/m11...../s1. The van der Waals surface area contributed by atoms with Crippen LogP contribution in [-0.4, -0.2) is 203 Å². The Bertz CT molecular complexity index is 3620. The van der Waals surface area contributed by atoms with E-state index in [2.05, 4.69) is 77.5 Å². The maximum Gasteiger partial charge on any atom is 0.305 e. The minimum atomic E-state index is -6.09. The van der Waals surface area contributed by atoms with E-state index in [1.54, 1.807) is 0 Å². The Morgan fingerprint density at radius 1 is 0.582 bits per heavy atom. The van der Waals surface area contributed by atoms with Gasteiger partial charge in [-0.05, 0) is 6.42 Å². The molecular weight excluding hydrogens is 1500 g/mol. The molecule has 58 heteroatoms. The predicted molar refractivity (Wildman–Crippen MR) is 321 cm³/mol. The van der Waals surface area contributed by atoms with Gasteiger partial charge >= 0.3 is 11.9 Å². The van der Waals surface area contributed by atoms with Crippen molar-refractivity contribution in [2.45, 2.75) is 117 Å². The minimum Gasteiger partial charge on any atom is -0.756 e. The van der Waals surface area contributed by atoms with Crippen LogP contribution in [-0.2, 0) is 91.9 Å². The second-order valence-corrected chi connectivity index (χ2v) is 27.9. The number of hydrogen-bond acceptors (Lipinski definition) is 40. The van der Waals surface area contributed by atoms with E-state index in [-0.39, 0.29) is 104 Å². The summed E-state index contributed by atoms with van der Waals surface area (Å²) < 4.78 is 101. The van der Waals surface area contributed by atoms with E-state index in [1.807, 2.05) is 0 Å². The predicted octanol–water partition coefficient (Wildman–Crippen LogP) is -7.35. The van der Waals surface area contributed by atoms with Crippen molar-refractivity contribution in [3.63, 3.8) is 0 Å². The smallest absolute Gasteiger partial charge is 0.305 e. The molecule has 0 saturated carbocycles. The van der Waals surface area contributed by atoms with Crippen LogP contribution in [0.2, 0.25) is 0 Å². The number of carbonyl (C=O) groups is 6. The van der Waals surface area contributed by atoms with Crippen LogP contribution in [0.25, 0.3) is 22.3 Å². The number of carboxylic acids is 2. The SMILES string of the molecule is C.C.C.CC(=O)NCCNC(=O)C(N)CC(=O)O.CC(=O)NCCNC(=O)C(N)CCC(=O)O.Nc1nc(=S)c2ncn([C@@H]3O[C@H](COP(=O)([O-])OP(=O)([O-])OP(=O)([O-])O)C(O)[C@@H]3O)c2[nH]1.Nc1nc(=S)c2ncn([C@@H]3O[C@H](COP(=O)([O-])OP(=O)([O-])OP(=O)([O-])O)C(O)[C@@H]3O)c2[nH]1. The number of phosphoric acid groups is 6. The summed E-state index contributed by atoms with van der Waals surface area (Å²) in [5.41, 5.74) is 22.6. The van der Waals surface area contributed by atoms with Crippen LogP contribution in [0.4, 0.5) is 11.9 Å². The van der Waals surface area contributed by atoms with Crippen molar-refractivity contribution in [1.82, 2.24) is 60.3 Å². The Kier molecular flexibility index (Phi) is 37.4. The van der Waals surface area contributed by atoms with Crippen molar-refractivity contribution < 1.29 is 162 Å².